The van der Waals surface area contributed by atoms with Gasteiger partial charge in [0.25, 0.3) is 0 Å². The summed E-state index contributed by atoms with van der Waals surface area (Å²) in [5.74, 6) is 1.35. The van der Waals surface area contributed by atoms with Gasteiger partial charge in [0.2, 0.25) is 5.88 Å². The van der Waals surface area contributed by atoms with Crippen molar-refractivity contribution < 1.29 is 4.74 Å². The summed E-state index contributed by atoms with van der Waals surface area (Å²) >= 11 is 2.26. The largest absolute Gasteiger partial charge is 0.437 e. The van der Waals surface area contributed by atoms with Gasteiger partial charge in [0.05, 0.1) is 11.4 Å². The second-order valence-electron chi connectivity index (χ2n) is 3.46. The van der Waals surface area contributed by atoms with Gasteiger partial charge in [0.1, 0.15) is 5.75 Å². The van der Waals surface area contributed by atoms with Crippen molar-refractivity contribution in [3.05, 3.63) is 45.4 Å². The molecule has 0 unspecified atom stereocenters. The third kappa shape index (κ3) is 2.69. The Hall–Kier alpha value is -1.17. The molecule has 1 heterocycles. The SMILES string of the molecule is Cc1cnc(C)c(Oc2ccc(I)cc2)n1. The highest BCUT2D eigenvalue weighted by Gasteiger charge is 2.04. The molecule has 1 aromatic carbocycles. The number of halogens is 1. The van der Waals surface area contributed by atoms with E-state index in [1.807, 2.05) is 38.1 Å². The normalized spacial score (nSPS) is 10.2. The molecule has 0 aliphatic heterocycles. The van der Waals surface area contributed by atoms with Crippen molar-refractivity contribution in [1.82, 2.24) is 9.97 Å². The lowest BCUT2D eigenvalue weighted by molar-refractivity contribution is 0.453. The van der Waals surface area contributed by atoms with Crippen LogP contribution in [-0.4, -0.2) is 9.97 Å². The molecule has 0 aliphatic rings. The van der Waals surface area contributed by atoms with Crippen molar-refractivity contribution in [3.8, 4) is 11.6 Å². The van der Waals surface area contributed by atoms with Gasteiger partial charge in [0.15, 0.2) is 0 Å². The quantitative estimate of drug-likeness (QED) is 0.793. The molecule has 3 nitrogen and oxygen atoms in total. The predicted molar refractivity (Wildman–Crippen MR) is 70.7 cm³/mol. The number of rotatable bonds is 2. The lowest BCUT2D eigenvalue weighted by atomic mass is 10.3. The molecule has 0 radical (unpaired) electrons. The topological polar surface area (TPSA) is 35.0 Å². The summed E-state index contributed by atoms with van der Waals surface area (Å²) in [4.78, 5) is 8.51. The van der Waals surface area contributed by atoms with Crippen LogP contribution in [0.15, 0.2) is 30.5 Å². The van der Waals surface area contributed by atoms with Crippen LogP contribution >= 0.6 is 22.6 Å². The fraction of sp³-hybridized carbons (Fsp3) is 0.167. The molecule has 82 valence electrons. The lowest BCUT2D eigenvalue weighted by Crippen LogP contribution is -1.95. The highest BCUT2D eigenvalue weighted by Crippen LogP contribution is 2.22. The Labute approximate surface area is 108 Å². The third-order valence-corrected chi connectivity index (χ3v) is 2.78. The highest BCUT2D eigenvalue weighted by molar-refractivity contribution is 14.1. The smallest absolute Gasteiger partial charge is 0.241 e. The zero-order valence-electron chi connectivity index (χ0n) is 9.07. The van der Waals surface area contributed by atoms with E-state index in [2.05, 4.69) is 32.6 Å². The van der Waals surface area contributed by atoms with Crippen molar-refractivity contribution in [3.63, 3.8) is 0 Å². The summed E-state index contributed by atoms with van der Waals surface area (Å²) in [5.41, 5.74) is 1.65. The van der Waals surface area contributed by atoms with E-state index in [0.717, 1.165) is 17.1 Å². The first-order chi connectivity index (χ1) is 7.65. The van der Waals surface area contributed by atoms with Gasteiger partial charge in [-0.2, -0.15) is 0 Å². The molecule has 2 aromatic rings. The molecule has 2 rings (SSSR count). The molecule has 0 saturated carbocycles. The van der Waals surface area contributed by atoms with E-state index in [4.69, 9.17) is 4.74 Å². The molecular weight excluding hydrogens is 315 g/mol. The monoisotopic (exact) mass is 326 g/mol. The number of hydrogen-bond donors (Lipinski definition) is 0. The van der Waals surface area contributed by atoms with Crippen molar-refractivity contribution >= 4 is 22.6 Å². The summed E-state index contributed by atoms with van der Waals surface area (Å²) in [5, 5.41) is 0. The number of aromatic nitrogens is 2. The van der Waals surface area contributed by atoms with Gasteiger partial charge in [-0.25, -0.2) is 4.98 Å². The molecule has 16 heavy (non-hydrogen) atoms. The van der Waals surface area contributed by atoms with Gasteiger partial charge in [-0.1, -0.05) is 0 Å². The zero-order valence-corrected chi connectivity index (χ0v) is 11.2. The van der Waals surface area contributed by atoms with E-state index in [9.17, 15) is 0 Å². The second kappa shape index (κ2) is 4.78. The summed E-state index contributed by atoms with van der Waals surface area (Å²) in [6, 6.07) is 7.83. The minimum Gasteiger partial charge on any atom is -0.437 e. The first-order valence-corrected chi connectivity index (χ1v) is 5.97. The van der Waals surface area contributed by atoms with Crippen molar-refractivity contribution in [1.29, 1.82) is 0 Å². The van der Waals surface area contributed by atoms with E-state index in [1.54, 1.807) is 6.20 Å². The maximum Gasteiger partial charge on any atom is 0.241 e. The summed E-state index contributed by atoms with van der Waals surface area (Å²) < 4.78 is 6.85. The number of benzene rings is 1. The average Bonchev–Trinajstić information content (AvgIpc) is 2.27. The Kier molecular flexibility index (Phi) is 3.38. The van der Waals surface area contributed by atoms with Crippen LogP contribution in [0, 0.1) is 17.4 Å². The lowest BCUT2D eigenvalue weighted by Gasteiger charge is -2.07. The van der Waals surface area contributed by atoms with Crippen LogP contribution in [0.4, 0.5) is 0 Å². The first kappa shape index (κ1) is 11.3. The van der Waals surface area contributed by atoms with Crippen LogP contribution < -0.4 is 4.74 Å². The minimum atomic E-state index is 0.571. The van der Waals surface area contributed by atoms with E-state index in [0.29, 0.717) is 5.88 Å². The number of aryl methyl sites for hydroxylation is 2. The minimum absolute atomic E-state index is 0.571. The standard InChI is InChI=1S/C12H11IN2O/c1-8-7-14-9(2)12(15-8)16-11-5-3-10(13)4-6-11/h3-7H,1-2H3. The van der Waals surface area contributed by atoms with E-state index >= 15 is 0 Å². The van der Waals surface area contributed by atoms with Crippen molar-refractivity contribution in [2.24, 2.45) is 0 Å². The Morgan fingerprint density at radius 1 is 1.12 bits per heavy atom. The first-order valence-electron chi connectivity index (χ1n) is 4.89. The number of ether oxygens (including phenoxy) is 1. The van der Waals surface area contributed by atoms with E-state index < -0.39 is 0 Å². The van der Waals surface area contributed by atoms with Gasteiger partial charge < -0.3 is 4.74 Å². The Morgan fingerprint density at radius 3 is 2.50 bits per heavy atom. The Balaban J connectivity index is 2.26. The van der Waals surface area contributed by atoms with E-state index in [-0.39, 0.29) is 0 Å². The molecule has 1 aromatic heterocycles. The molecule has 0 spiro atoms. The van der Waals surface area contributed by atoms with Crippen LogP contribution in [0.2, 0.25) is 0 Å². The van der Waals surface area contributed by atoms with Crippen LogP contribution in [-0.2, 0) is 0 Å². The summed E-state index contributed by atoms with van der Waals surface area (Å²) in [7, 11) is 0. The Bertz CT molecular complexity index is 497. The predicted octanol–water partition coefficient (Wildman–Crippen LogP) is 3.49. The Morgan fingerprint density at radius 2 is 1.81 bits per heavy atom. The highest BCUT2D eigenvalue weighted by atomic mass is 127. The van der Waals surface area contributed by atoms with Crippen LogP contribution in [0.3, 0.4) is 0 Å². The molecule has 0 bridgehead atoms. The maximum absolute atomic E-state index is 5.67. The number of hydrogen-bond acceptors (Lipinski definition) is 3. The molecule has 0 fully saturated rings. The van der Waals surface area contributed by atoms with Crippen molar-refractivity contribution in [2.45, 2.75) is 13.8 Å². The fourth-order valence-corrected chi connectivity index (χ4v) is 1.59. The maximum atomic E-state index is 5.67. The summed E-state index contributed by atoms with van der Waals surface area (Å²) in [6.45, 7) is 3.78. The summed E-state index contributed by atoms with van der Waals surface area (Å²) in [6.07, 6.45) is 1.73. The number of nitrogens with zero attached hydrogens (tertiary/aromatic N) is 2. The van der Waals surface area contributed by atoms with Gasteiger partial charge in [0, 0.05) is 9.77 Å². The van der Waals surface area contributed by atoms with Crippen molar-refractivity contribution in [2.75, 3.05) is 0 Å². The third-order valence-electron chi connectivity index (χ3n) is 2.06. The van der Waals surface area contributed by atoms with Crippen LogP contribution in [0.5, 0.6) is 11.6 Å². The molecule has 0 aliphatic carbocycles. The molecule has 0 atom stereocenters. The van der Waals surface area contributed by atoms with Gasteiger partial charge in [-0.05, 0) is 60.7 Å². The van der Waals surface area contributed by atoms with Crippen LogP contribution in [0.1, 0.15) is 11.4 Å². The second-order valence-corrected chi connectivity index (χ2v) is 4.70. The zero-order chi connectivity index (χ0) is 11.5. The van der Waals surface area contributed by atoms with Gasteiger partial charge in [-0.3, -0.25) is 4.98 Å². The fourth-order valence-electron chi connectivity index (χ4n) is 1.23. The molecule has 0 saturated heterocycles. The van der Waals surface area contributed by atoms with Gasteiger partial charge >= 0.3 is 0 Å². The molecular formula is C12H11IN2O. The average molecular weight is 326 g/mol. The van der Waals surface area contributed by atoms with E-state index in [1.165, 1.54) is 3.57 Å². The van der Waals surface area contributed by atoms with Gasteiger partial charge in [-0.15, -0.1) is 0 Å². The van der Waals surface area contributed by atoms with Crippen LogP contribution in [0.25, 0.3) is 0 Å². The molecule has 4 heteroatoms. The molecule has 0 N–H and O–H groups in total. The molecule has 0 amide bonds.